The standard InChI is InChI=1S/C14H17F3O/c1-9-8-10(14(15,16)17)4-5-11(9)13(3,18)12(2)6-7-12/h4-5,8,18H,6-7H2,1-3H3. The Kier molecular flexibility index (Phi) is 2.78. The topological polar surface area (TPSA) is 20.2 Å². The van der Waals surface area contributed by atoms with Gasteiger partial charge in [0.25, 0.3) is 0 Å². The SMILES string of the molecule is Cc1cc(C(F)(F)F)ccc1C(C)(O)C1(C)CC1. The van der Waals surface area contributed by atoms with Crippen LogP contribution in [-0.2, 0) is 11.8 Å². The van der Waals surface area contributed by atoms with E-state index in [1.54, 1.807) is 13.8 Å². The van der Waals surface area contributed by atoms with Gasteiger partial charge in [0.1, 0.15) is 0 Å². The van der Waals surface area contributed by atoms with Crippen LogP contribution in [-0.4, -0.2) is 5.11 Å². The summed E-state index contributed by atoms with van der Waals surface area (Å²) in [6.45, 7) is 5.27. The average molecular weight is 258 g/mol. The van der Waals surface area contributed by atoms with E-state index in [4.69, 9.17) is 0 Å². The fraction of sp³-hybridized carbons (Fsp3) is 0.571. The molecule has 0 spiro atoms. The summed E-state index contributed by atoms with van der Waals surface area (Å²) in [5.74, 6) is 0. The summed E-state index contributed by atoms with van der Waals surface area (Å²) in [6.07, 6.45) is -2.53. The van der Waals surface area contributed by atoms with E-state index < -0.39 is 17.3 Å². The largest absolute Gasteiger partial charge is 0.416 e. The smallest absolute Gasteiger partial charge is 0.385 e. The van der Waals surface area contributed by atoms with Crippen LogP contribution in [0.3, 0.4) is 0 Å². The molecule has 1 nitrogen and oxygen atoms in total. The van der Waals surface area contributed by atoms with E-state index in [9.17, 15) is 18.3 Å². The van der Waals surface area contributed by atoms with Gasteiger partial charge in [-0.15, -0.1) is 0 Å². The van der Waals surface area contributed by atoms with Gasteiger partial charge in [0.05, 0.1) is 11.2 Å². The fourth-order valence-corrected chi connectivity index (χ4v) is 2.39. The third kappa shape index (κ3) is 2.03. The molecular formula is C14H17F3O. The Balaban J connectivity index is 2.42. The van der Waals surface area contributed by atoms with Crippen molar-refractivity contribution >= 4 is 0 Å². The Morgan fingerprint density at radius 1 is 1.22 bits per heavy atom. The zero-order valence-electron chi connectivity index (χ0n) is 10.7. The van der Waals surface area contributed by atoms with Gasteiger partial charge in [0, 0.05) is 5.41 Å². The number of rotatable bonds is 2. The molecule has 0 heterocycles. The number of alkyl halides is 3. The quantitative estimate of drug-likeness (QED) is 0.849. The monoisotopic (exact) mass is 258 g/mol. The third-order valence-electron chi connectivity index (χ3n) is 4.25. The number of aliphatic hydroxyl groups is 1. The number of hydrogen-bond acceptors (Lipinski definition) is 1. The molecule has 100 valence electrons. The van der Waals surface area contributed by atoms with Crippen LogP contribution >= 0.6 is 0 Å². The second kappa shape index (κ2) is 3.73. The Hall–Kier alpha value is -1.03. The maximum atomic E-state index is 12.6. The first-order valence-electron chi connectivity index (χ1n) is 5.99. The van der Waals surface area contributed by atoms with Crippen molar-refractivity contribution in [3.05, 3.63) is 34.9 Å². The van der Waals surface area contributed by atoms with Gasteiger partial charge in [0.2, 0.25) is 0 Å². The van der Waals surface area contributed by atoms with Crippen molar-refractivity contribution in [1.29, 1.82) is 0 Å². The van der Waals surface area contributed by atoms with Crippen LogP contribution in [0, 0.1) is 12.3 Å². The van der Waals surface area contributed by atoms with Gasteiger partial charge >= 0.3 is 6.18 Å². The molecule has 0 aromatic heterocycles. The minimum atomic E-state index is -4.33. The van der Waals surface area contributed by atoms with Crippen LogP contribution in [0.15, 0.2) is 18.2 Å². The van der Waals surface area contributed by atoms with Crippen LogP contribution < -0.4 is 0 Å². The van der Waals surface area contributed by atoms with Crippen molar-refractivity contribution in [2.45, 2.75) is 45.4 Å². The van der Waals surface area contributed by atoms with Crippen molar-refractivity contribution in [1.82, 2.24) is 0 Å². The molecule has 0 bridgehead atoms. The molecule has 1 saturated carbocycles. The molecular weight excluding hydrogens is 241 g/mol. The minimum Gasteiger partial charge on any atom is -0.385 e. The Bertz CT molecular complexity index is 470. The first kappa shape index (κ1) is 13.4. The average Bonchev–Trinajstić information content (AvgIpc) is 2.96. The van der Waals surface area contributed by atoms with Gasteiger partial charge in [-0.2, -0.15) is 13.2 Å². The number of benzene rings is 1. The molecule has 1 unspecified atom stereocenters. The predicted octanol–water partition coefficient (Wildman–Crippen LogP) is 4.02. The Labute approximate surface area is 105 Å². The van der Waals surface area contributed by atoms with E-state index in [1.165, 1.54) is 6.07 Å². The second-order valence-electron chi connectivity index (χ2n) is 5.66. The summed E-state index contributed by atoms with van der Waals surface area (Å²) >= 11 is 0. The minimum absolute atomic E-state index is 0.211. The van der Waals surface area contributed by atoms with E-state index in [0.717, 1.165) is 25.0 Å². The summed E-state index contributed by atoms with van der Waals surface area (Å²) in [4.78, 5) is 0. The summed E-state index contributed by atoms with van der Waals surface area (Å²) < 4.78 is 37.7. The van der Waals surface area contributed by atoms with Crippen LogP contribution in [0.1, 0.15) is 43.4 Å². The van der Waals surface area contributed by atoms with E-state index >= 15 is 0 Å². The normalized spacial score (nSPS) is 21.5. The van der Waals surface area contributed by atoms with Crippen molar-refractivity contribution < 1.29 is 18.3 Å². The maximum absolute atomic E-state index is 12.6. The van der Waals surface area contributed by atoms with Gasteiger partial charge in [-0.25, -0.2) is 0 Å². The highest BCUT2D eigenvalue weighted by atomic mass is 19.4. The number of aryl methyl sites for hydroxylation is 1. The molecule has 1 aromatic rings. The van der Waals surface area contributed by atoms with Crippen LogP contribution in [0.25, 0.3) is 0 Å². The zero-order valence-corrected chi connectivity index (χ0v) is 10.7. The predicted molar refractivity (Wildman–Crippen MR) is 63.1 cm³/mol. The second-order valence-corrected chi connectivity index (χ2v) is 5.66. The van der Waals surface area contributed by atoms with Crippen LogP contribution in [0.2, 0.25) is 0 Å². The van der Waals surface area contributed by atoms with Crippen molar-refractivity contribution in [3.63, 3.8) is 0 Å². The molecule has 1 fully saturated rings. The summed E-state index contributed by atoms with van der Waals surface area (Å²) in [5, 5.41) is 10.6. The Morgan fingerprint density at radius 3 is 2.17 bits per heavy atom. The van der Waals surface area contributed by atoms with E-state index in [0.29, 0.717) is 11.1 Å². The first-order valence-corrected chi connectivity index (χ1v) is 5.99. The van der Waals surface area contributed by atoms with Gasteiger partial charge < -0.3 is 5.11 Å². The number of halogens is 3. The first-order chi connectivity index (χ1) is 8.08. The van der Waals surface area contributed by atoms with Gasteiger partial charge in [-0.3, -0.25) is 0 Å². The van der Waals surface area contributed by atoms with Gasteiger partial charge in [0.15, 0.2) is 0 Å². The van der Waals surface area contributed by atoms with E-state index in [1.807, 2.05) is 6.92 Å². The summed E-state index contributed by atoms with van der Waals surface area (Å²) in [7, 11) is 0. The molecule has 0 saturated heterocycles. The van der Waals surface area contributed by atoms with Crippen molar-refractivity contribution in [2.75, 3.05) is 0 Å². The molecule has 1 atom stereocenters. The van der Waals surface area contributed by atoms with E-state index in [2.05, 4.69) is 0 Å². The third-order valence-corrected chi connectivity index (χ3v) is 4.25. The maximum Gasteiger partial charge on any atom is 0.416 e. The lowest BCUT2D eigenvalue weighted by Gasteiger charge is -2.32. The van der Waals surface area contributed by atoms with E-state index in [-0.39, 0.29) is 5.41 Å². The lowest BCUT2D eigenvalue weighted by molar-refractivity contribution is -0.137. The molecule has 4 heteroatoms. The highest BCUT2D eigenvalue weighted by molar-refractivity contribution is 5.38. The van der Waals surface area contributed by atoms with Gasteiger partial charge in [-0.1, -0.05) is 13.0 Å². The summed E-state index contributed by atoms with van der Waals surface area (Å²) in [6, 6.07) is 3.56. The lowest BCUT2D eigenvalue weighted by atomic mass is 9.79. The highest BCUT2D eigenvalue weighted by Gasteiger charge is 2.53. The molecule has 1 aliphatic rings. The lowest BCUT2D eigenvalue weighted by Crippen LogP contribution is -2.32. The number of hydrogen-bond donors (Lipinski definition) is 1. The fourth-order valence-electron chi connectivity index (χ4n) is 2.39. The van der Waals surface area contributed by atoms with Crippen LogP contribution in [0.4, 0.5) is 13.2 Å². The molecule has 0 aliphatic heterocycles. The molecule has 0 amide bonds. The van der Waals surface area contributed by atoms with Gasteiger partial charge in [-0.05, 0) is 49.9 Å². The molecule has 1 aliphatic carbocycles. The highest BCUT2D eigenvalue weighted by Crippen LogP contribution is 2.58. The Morgan fingerprint density at radius 2 is 1.78 bits per heavy atom. The molecule has 2 rings (SSSR count). The molecule has 0 radical (unpaired) electrons. The van der Waals surface area contributed by atoms with Crippen LogP contribution in [0.5, 0.6) is 0 Å². The molecule has 1 N–H and O–H groups in total. The molecule has 1 aromatic carbocycles. The van der Waals surface area contributed by atoms with Crippen molar-refractivity contribution in [3.8, 4) is 0 Å². The zero-order chi connectivity index (χ0) is 13.8. The molecule has 18 heavy (non-hydrogen) atoms. The van der Waals surface area contributed by atoms with Crippen molar-refractivity contribution in [2.24, 2.45) is 5.41 Å². The summed E-state index contributed by atoms with van der Waals surface area (Å²) in [5.41, 5.74) is -0.863.